The smallest absolute Gasteiger partial charge is 0.0322 e. The molecule has 16 heavy (non-hydrogen) atoms. The second-order valence-electron chi connectivity index (χ2n) is 5.73. The fourth-order valence-corrected chi connectivity index (χ4v) is 2.40. The highest BCUT2D eigenvalue weighted by Crippen LogP contribution is 2.27. The van der Waals surface area contributed by atoms with Crippen LogP contribution in [-0.2, 0) is 0 Å². The normalized spacial score (nSPS) is 15.1. The average Bonchev–Trinajstić information content (AvgIpc) is 2.23. The van der Waals surface area contributed by atoms with Crippen molar-refractivity contribution in [3.63, 3.8) is 0 Å². The maximum absolute atomic E-state index is 3.90. The van der Waals surface area contributed by atoms with Gasteiger partial charge in [-0.25, -0.2) is 0 Å². The molecule has 0 aliphatic heterocycles. The minimum absolute atomic E-state index is 0.862. The van der Waals surface area contributed by atoms with E-state index in [9.17, 15) is 0 Å². The molecule has 0 radical (unpaired) electrons. The maximum atomic E-state index is 3.90. The van der Waals surface area contributed by atoms with Gasteiger partial charge in [-0.05, 0) is 30.6 Å². The Morgan fingerprint density at radius 2 is 1.69 bits per heavy atom. The Morgan fingerprint density at radius 1 is 1.00 bits per heavy atom. The first-order chi connectivity index (χ1) is 7.61. The van der Waals surface area contributed by atoms with Crippen molar-refractivity contribution < 1.29 is 0 Å². The minimum Gasteiger partial charge on any atom is -0.103 e. The first-order valence-corrected chi connectivity index (χ1v) is 7.22. The summed E-state index contributed by atoms with van der Waals surface area (Å²) in [5.41, 5.74) is 0. The van der Waals surface area contributed by atoms with Crippen LogP contribution < -0.4 is 0 Å². The molecule has 0 aromatic heterocycles. The molecule has 0 aromatic rings. The van der Waals surface area contributed by atoms with Crippen molar-refractivity contribution in [2.75, 3.05) is 0 Å². The van der Waals surface area contributed by atoms with E-state index in [0.29, 0.717) is 0 Å². The van der Waals surface area contributed by atoms with Gasteiger partial charge in [-0.15, -0.1) is 6.58 Å². The van der Waals surface area contributed by atoms with Gasteiger partial charge in [-0.2, -0.15) is 0 Å². The second-order valence-corrected chi connectivity index (χ2v) is 5.73. The lowest BCUT2D eigenvalue weighted by molar-refractivity contribution is 0.300. The zero-order valence-electron chi connectivity index (χ0n) is 12.0. The van der Waals surface area contributed by atoms with Crippen LogP contribution in [0.1, 0.15) is 72.6 Å². The lowest BCUT2D eigenvalue weighted by atomic mass is 9.83. The molecule has 0 aromatic carbocycles. The number of unbranched alkanes of at least 4 members (excludes halogenated alkanes) is 1. The predicted octanol–water partition coefficient (Wildman–Crippen LogP) is 5.83. The van der Waals surface area contributed by atoms with Crippen molar-refractivity contribution in [2.45, 2.75) is 72.6 Å². The first-order valence-electron chi connectivity index (χ1n) is 7.22. The van der Waals surface area contributed by atoms with Crippen LogP contribution in [0.25, 0.3) is 0 Å². The molecule has 0 aliphatic carbocycles. The van der Waals surface area contributed by atoms with Crippen molar-refractivity contribution in [3.05, 3.63) is 12.7 Å². The monoisotopic (exact) mass is 224 g/mol. The largest absolute Gasteiger partial charge is 0.103 e. The Hall–Kier alpha value is -0.260. The molecule has 0 bridgehead atoms. The average molecular weight is 224 g/mol. The highest BCUT2D eigenvalue weighted by molar-refractivity contribution is 4.76. The Kier molecular flexibility index (Phi) is 9.77. The molecule has 2 atom stereocenters. The van der Waals surface area contributed by atoms with Gasteiger partial charge in [0.2, 0.25) is 0 Å². The van der Waals surface area contributed by atoms with Crippen molar-refractivity contribution in [3.8, 4) is 0 Å². The van der Waals surface area contributed by atoms with Gasteiger partial charge in [0.15, 0.2) is 0 Å². The summed E-state index contributed by atoms with van der Waals surface area (Å²) in [5, 5.41) is 0. The van der Waals surface area contributed by atoms with Gasteiger partial charge in [0.25, 0.3) is 0 Å². The summed E-state index contributed by atoms with van der Waals surface area (Å²) < 4.78 is 0. The van der Waals surface area contributed by atoms with Crippen LogP contribution in [0, 0.1) is 17.8 Å². The molecule has 0 N–H and O–H groups in total. The van der Waals surface area contributed by atoms with Gasteiger partial charge < -0.3 is 0 Å². The molecule has 0 heterocycles. The van der Waals surface area contributed by atoms with Crippen molar-refractivity contribution in [1.82, 2.24) is 0 Å². The quantitative estimate of drug-likeness (QED) is 0.409. The molecule has 0 nitrogen and oxygen atoms in total. The van der Waals surface area contributed by atoms with Crippen LogP contribution in [0.5, 0.6) is 0 Å². The van der Waals surface area contributed by atoms with Crippen LogP contribution in [0.2, 0.25) is 0 Å². The lowest BCUT2D eigenvalue weighted by Crippen LogP contribution is -2.11. The fourth-order valence-electron chi connectivity index (χ4n) is 2.40. The minimum atomic E-state index is 0.862. The summed E-state index contributed by atoms with van der Waals surface area (Å²) in [7, 11) is 0. The molecule has 0 rings (SSSR count). The van der Waals surface area contributed by atoms with Gasteiger partial charge in [-0.3, -0.25) is 0 Å². The highest BCUT2D eigenvalue weighted by atomic mass is 14.2. The van der Waals surface area contributed by atoms with Crippen molar-refractivity contribution in [2.24, 2.45) is 17.8 Å². The van der Waals surface area contributed by atoms with Gasteiger partial charge in [0.05, 0.1) is 0 Å². The molecule has 0 saturated carbocycles. The number of rotatable bonds is 10. The third kappa shape index (κ3) is 7.96. The molecule has 2 unspecified atom stereocenters. The molecule has 0 spiro atoms. The van der Waals surface area contributed by atoms with Gasteiger partial charge in [0, 0.05) is 0 Å². The highest BCUT2D eigenvalue weighted by Gasteiger charge is 2.15. The van der Waals surface area contributed by atoms with E-state index >= 15 is 0 Å². The third-order valence-corrected chi connectivity index (χ3v) is 3.64. The van der Waals surface area contributed by atoms with Crippen LogP contribution in [0.3, 0.4) is 0 Å². The van der Waals surface area contributed by atoms with Crippen LogP contribution in [0.15, 0.2) is 12.7 Å². The molecule has 0 saturated heterocycles. The Bertz CT molecular complexity index is 157. The van der Waals surface area contributed by atoms with Crippen LogP contribution in [-0.4, -0.2) is 0 Å². The molecule has 0 heteroatoms. The van der Waals surface area contributed by atoms with E-state index in [4.69, 9.17) is 0 Å². The molecule has 96 valence electrons. The molecular weight excluding hydrogens is 192 g/mol. The third-order valence-electron chi connectivity index (χ3n) is 3.64. The van der Waals surface area contributed by atoms with Gasteiger partial charge in [-0.1, -0.05) is 65.9 Å². The zero-order chi connectivity index (χ0) is 12.4. The van der Waals surface area contributed by atoms with E-state index in [1.165, 1.54) is 44.9 Å². The summed E-state index contributed by atoms with van der Waals surface area (Å²) in [4.78, 5) is 0. The summed E-state index contributed by atoms with van der Waals surface area (Å²) in [6, 6.07) is 0. The van der Waals surface area contributed by atoms with Crippen molar-refractivity contribution >= 4 is 0 Å². The summed E-state index contributed by atoms with van der Waals surface area (Å²) >= 11 is 0. The molecule has 0 amide bonds. The Labute approximate surface area is 104 Å². The Morgan fingerprint density at radius 3 is 2.19 bits per heavy atom. The van der Waals surface area contributed by atoms with Gasteiger partial charge >= 0.3 is 0 Å². The lowest BCUT2D eigenvalue weighted by Gasteiger charge is -2.23. The fraction of sp³-hybridized carbons (Fsp3) is 0.875. The maximum Gasteiger partial charge on any atom is -0.0322 e. The second kappa shape index (κ2) is 9.93. The standard InChI is InChI=1S/C16H32/c1-6-8-13-16(10-7-2)15(5)12-9-11-14(3)4/h7,14-16H,2,6,8-13H2,1,3-5H3. The number of hydrogen-bond donors (Lipinski definition) is 0. The van der Waals surface area contributed by atoms with Crippen LogP contribution >= 0.6 is 0 Å². The summed E-state index contributed by atoms with van der Waals surface area (Å²) in [6.07, 6.45) is 11.6. The zero-order valence-corrected chi connectivity index (χ0v) is 12.0. The van der Waals surface area contributed by atoms with E-state index in [1.54, 1.807) is 0 Å². The van der Waals surface area contributed by atoms with Crippen LogP contribution in [0.4, 0.5) is 0 Å². The number of hydrogen-bond acceptors (Lipinski definition) is 0. The van der Waals surface area contributed by atoms with E-state index in [0.717, 1.165) is 17.8 Å². The first kappa shape index (κ1) is 15.7. The molecule has 0 fully saturated rings. The van der Waals surface area contributed by atoms with E-state index in [1.807, 2.05) is 0 Å². The van der Waals surface area contributed by atoms with E-state index in [2.05, 4.69) is 40.3 Å². The predicted molar refractivity (Wildman–Crippen MR) is 75.7 cm³/mol. The SMILES string of the molecule is C=CCC(CCCC)C(C)CCCC(C)C. The van der Waals surface area contributed by atoms with E-state index in [-0.39, 0.29) is 0 Å². The van der Waals surface area contributed by atoms with Gasteiger partial charge in [0.1, 0.15) is 0 Å². The topological polar surface area (TPSA) is 0 Å². The summed E-state index contributed by atoms with van der Waals surface area (Å²) in [6.45, 7) is 13.3. The summed E-state index contributed by atoms with van der Waals surface area (Å²) in [5.74, 6) is 2.62. The molecular formula is C16H32. The van der Waals surface area contributed by atoms with Crippen molar-refractivity contribution in [1.29, 1.82) is 0 Å². The Balaban J connectivity index is 3.85. The van der Waals surface area contributed by atoms with E-state index < -0.39 is 0 Å². The molecule has 0 aliphatic rings. The number of allylic oxidation sites excluding steroid dienone is 1.